The zero-order valence-electron chi connectivity index (χ0n) is 14.3. The molecule has 0 unspecified atom stereocenters. The Morgan fingerprint density at radius 2 is 1.76 bits per heavy atom. The van der Waals surface area contributed by atoms with Gasteiger partial charge >= 0.3 is 5.97 Å². The van der Waals surface area contributed by atoms with Crippen molar-refractivity contribution < 1.29 is 24.2 Å². The quantitative estimate of drug-likeness (QED) is 0.866. The number of esters is 1. The van der Waals surface area contributed by atoms with Gasteiger partial charge in [-0.1, -0.05) is 24.3 Å². The summed E-state index contributed by atoms with van der Waals surface area (Å²) in [4.78, 5) is 26.1. The van der Waals surface area contributed by atoms with E-state index in [1.165, 1.54) is 6.07 Å². The molecule has 6 nitrogen and oxygen atoms in total. The maximum Gasteiger partial charge on any atom is 0.342 e. The van der Waals surface area contributed by atoms with Gasteiger partial charge in [0.05, 0.1) is 12.2 Å². The van der Waals surface area contributed by atoms with Gasteiger partial charge in [0.1, 0.15) is 11.3 Å². The third-order valence-corrected chi connectivity index (χ3v) is 4.18. The summed E-state index contributed by atoms with van der Waals surface area (Å²) in [6, 6.07) is 10.5. The highest BCUT2D eigenvalue weighted by molar-refractivity contribution is 5.99. The summed E-state index contributed by atoms with van der Waals surface area (Å²) in [5.41, 5.74) is 0.0511. The van der Waals surface area contributed by atoms with Crippen molar-refractivity contribution in [2.75, 3.05) is 19.7 Å². The average molecular weight is 343 g/mol. The van der Waals surface area contributed by atoms with Gasteiger partial charge in [-0.3, -0.25) is 4.79 Å². The number of phenolic OH excluding ortho intramolecular Hbond substituents is 1. The van der Waals surface area contributed by atoms with Gasteiger partial charge in [0, 0.05) is 13.1 Å². The molecule has 0 spiro atoms. The maximum atomic E-state index is 12.3. The number of amides is 1. The van der Waals surface area contributed by atoms with Crippen molar-refractivity contribution >= 4 is 22.6 Å². The SMILES string of the molecule is C[C@H]1CN(C(=O)COC(=O)c2cc3ccccc3cc2O)C[C@H](C)O1. The van der Waals surface area contributed by atoms with Gasteiger partial charge in [-0.2, -0.15) is 0 Å². The average Bonchev–Trinajstić information content (AvgIpc) is 2.57. The van der Waals surface area contributed by atoms with Crippen molar-refractivity contribution in [1.29, 1.82) is 0 Å². The van der Waals surface area contributed by atoms with Crippen LogP contribution in [-0.2, 0) is 14.3 Å². The van der Waals surface area contributed by atoms with Gasteiger partial charge in [-0.05, 0) is 36.8 Å². The lowest BCUT2D eigenvalue weighted by Gasteiger charge is -2.35. The summed E-state index contributed by atoms with van der Waals surface area (Å²) < 4.78 is 10.7. The number of benzene rings is 2. The summed E-state index contributed by atoms with van der Waals surface area (Å²) >= 11 is 0. The summed E-state index contributed by atoms with van der Waals surface area (Å²) in [7, 11) is 0. The van der Waals surface area contributed by atoms with Crippen molar-refractivity contribution in [2.45, 2.75) is 26.1 Å². The van der Waals surface area contributed by atoms with E-state index in [9.17, 15) is 14.7 Å². The van der Waals surface area contributed by atoms with Gasteiger partial charge in [0.2, 0.25) is 0 Å². The lowest BCUT2D eigenvalue weighted by Crippen LogP contribution is -2.49. The van der Waals surface area contributed by atoms with Crippen molar-refractivity contribution in [3.05, 3.63) is 42.0 Å². The number of hydrogen-bond acceptors (Lipinski definition) is 5. The summed E-state index contributed by atoms with van der Waals surface area (Å²) in [5, 5.41) is 11.7. The van der Waals surface area contributed by atoms with Crippen LogP contribution in [0.2, 0.25) is 0 Å². The number of morpholine rings is 1. The Hall–Kier alpha value is -2.60. The molecule has 1 saturated heterocycles. The van der Waals surface area contributed by atoms with E-state index >= 15 is 0 Å². The van der Waals surface area contributed by atoms with E-state index in [2.05, 4.69) is 0 Å². The molecule has 132 valence electrons. The molecule has 0 aromatic heterocycles. The first kappa shape index (κ1) is 17.2. The van der Waals surface area contributed by atoms with Gasteiger partial charge in [0.15, 0.2) is 6.61 Å². The molecular weight excluding hydrogens is 322 g/mol. The Morgan fingerprint density at radius 3 is 2.40 bits per heavy atom. The molecule has 0 radical (unpaired) electrons. The van der Waals surface area contributed by atoms with Crippen LogP contribution in [0.15, 0.2) is 36.4 Å². The monoisotopic (exact) mass is 343 g/mol. The first-order valence-corrected chi connectivity index (χ1v) is 8.26. The molecule has 2 atom stereocenters. The fraction of sp³-hybridized carbons (Fsp3) is 0.368. The molecule has 25 heavy (non-hydrogen) atoms. The molecule has 1 heterocycles. The predicted octanol–water partition coefficient (Wildman–Crippen LogP) is 2.34. The van der Waals surface area contributed by atoms with E-state index in [1.54, 1.807) is 11.0 Å². The molecule has 3 rings (SSSR count). The van der Waals surface area contributed by atoms with Crippen LogP contribution in [0.4, 0.5) is 0 Å². The van der Waals surface area contributed by atoms with Crippen molar-refractivity contribution in [1.82, 2.24) is 4.90 Å². The molecule has 1 N–H and O–H groups in total. The second kappa shape index (κ2) is 7.11. The molecular formula is C19H21NO5. The van der Waals surface area contributed by atoms with Crippen molar-refractivity contribution in [2.24, 2.45) is 0 Å². The van der Waals surface area contributed by atoms with Crippen LogP contribution in [-0.4, -0.2) is 53.8 Å². The van der Waals surface area contributed by atoms with Gasteiger partial charge in [-0.15, -0.1) is 0 Å². The second-order valence-electron chi connectivity index (χ2n) is 6.35. The van der Waals surface area contributed by atoms with E-state index in [0.29, 0.717) is 13.1 Å². The zero-order valence-corrected chi connectivity index (χ0v) is 14.3. The number of rotatable bonds is 3. The molecule has 6 heteroatoms. The fourth-order valence-corrected chi connectivity index (χ4v) is 3.07. The van der Waals surface area contributed by atoms with E-state index in [0.717, 1.165) is 10.8 Å². The van der Waals surface area contributed by atoms with Crippen LogP contribution in [0.25, 0.3) is 10.8 Å². The minimum atomic E-state index is -0.717. The highest BCUT2D eigenvalue weighted by Crippen LogP contribution is 2.25. The van der Waals surface area contributed by atoms with E-state index in [1.807, 2.05) is 38.1 Å². The Morgan fingerprint density at radius 1 is 1.16 bits per heavy atom. The minimum absolute atomic E-state index is 0.0482. The summed E-state index contributed by atoms with van der Waals surface area (Å²) in [6.07, 6.45) is -0.0964. The van der Waals surface area contributed by atoms with Crippen LogP contribution in [0.1, 0.15) is 24.2 Å². The normalized spacial score (nSPS) is 20.5. The van der Waals surface area contributed by atoms with Crippen LogP contribution < -0.4 is 0 Å². The van der Waals surface area contributed by atoms with Crippen molar-refractivity contribution in [3.63, 3.8) is 0 Å². The fourth-order valence-electron chi connectivity index (χ4n) is 3.07. The molecule has 2 aromatic rings. The molecule has 1 aliphatic heterocycles. The standard InChI is InChI=1S/C19H21NO5/c1-12-9-20(10-13(2)25-12)18(22)11-24-19(23)16-7-14-5-3-4-6-15(14)8-17(16)21/h3-8,12-13,21H,9-11H2,1-2H3/t12-,13-/m0/s1. The molecule has 1 aliphatic rings. The summed E-state index contributed by atoms with van der Waals surface area (Å²) in [6.45, 7) is 4.39. The first-order valence-electron chi connectivity index (χ1n) is 8.26. The molecule has 1 amide bonds. The maximum absolute atomic E-state index is 12.3. The molecule has 0 aliphatic carbocycles. The predicted molar refractivity (Wildman–Crippen MR) is 92.5 cm³/mol. The van der Waals surface area contributed by atoms with E-state index < -0.39 is 5.97 Å². The lowest BCUT2D eigenvalue weighted by molar-refractivity contribution is -0.146. The van der Waals surface area contributed by atoms with Crippen LogP contribution in [0, 0.1) is 0 Å². The zero-order chi connectivity index (χ0) is 18.0. The minimum Gasteiger partial charge on any atom is -0.507 e. The Bertz CT molecular complexity index is 794. The number of carbonyl (C=O) groups is 2. The third-order valence-electron chi connectivity index (χ3n) is 4.18. The highest BCUT2D eigenvalue weighted by atomic mass is 16.5. The van der Waals surface area contributed by atoms with Crippen molar-refractivity contribution in [3.8, 4) is 5.75 Å². The third kappa shape index (κ3) is 3.91. The molecule has 0 bridgehead atoms. The number of phenols is 1. The van der Waals surface area contributed by atoms with Crippen LogP contribution in [0.3, 0.4) is 0 Å². The van der Waals surface area contributed by atoms with Crippen LogP contribution in [0.5, 0.6) is 5.75 Å². The van der Waals surface area contributed by atoms with E-state index in [-0.39, 0.29) is 36.0 Å². The second-order valence-corrected chi connectivity index (χ2v) is 6.35. The van der Waals surface area contributed by atoms with Gasteiger partial charge < -0.3 is 19.5 Å². The molecule has 1 fully saturated rings. The largest absolute Gasteiger partial charge is 0.507 e. The van der Waals surface area contributed by atoms with Gasteiger partial charge in [-0.25, -0.2) is 4.79 Å². The number of hydrogen-bond donors (Lipinski definition) is 1. The first-order chi connectivity index (χ1) is 11.9. The number of aromatic hydroxyl groups is 1. The number of ether oxygens (including phenoxy) is 2. The number of nitrogens with zero attached hydrogens (tertiary/aromatic N) is 1. The Labute approximate surface area is 145 Å². The van der Waals surface area contributed by atoms with E-state index in [4.69, 9.17) is 9.47 Å². The molecule has 0 saturated carbocycles. The molecule has 2 aromatic carbocycles. The lowest BCUT2D eigenvalue weighted by atomic mass is 10.1. The Balaban J connectivity index is 1.66. The smallest absolute Gasteiger partial charge is 0.342 e. The number of fused-ring (bicyclic) bond motifs is 1. The van der Waals surface area contributed by atoms with Crippen LogP contribution >= 0.6 is 0 Å². The summed E-state index contributed by atoms with van der Waals surface area (Å²) in [5.74, 6) is -1.15. The number of carbonyl (C=O) groups excluding carboxylic acids is 2. The topological polar surface area (TPSA) is 76.1 Å². The van der Waals surface area contributed by atoms with Gasteiger partial charge in [0.25, 0.3) is 5.91 Å². The highest BCUT2D eigenvalue weighted by Gasteiger charge is 2.26. The Kier molecular flexibility index (Phi) is 4.90.